The fourth-order valence-corrected chi connectivity index (χ4v) is 4.47. The molecule has 0 spiro atoms. The fraction of sp³-hybridized carbons (Fsp3) is 0.200. The summed E-state index contributed by atoms with van der Waals surface area (Å²) in [5.41, 5.74) is 3.55. The maximum atomic E-state index is 13.9. The van der Waals surface area contributed by atoms with Crippen molar-refractivity contribution in [2.75, 3.05) is 0 Å². The highest BCUT2D eigenvalue weighted by Crippen LogP contribution is 2.44. The number of hydrogen-bond donors (Lipinski definition) is 0. The number of thioether (sulfide) groups is 1. The van der Waals surface area contributed by atoms with E-state index in [2.05, 4.69) is 4.98 Å². The van der Waals surface area contributed by atoms with Crippen molar-refractivity contribution >= 4 is 40.0 Å². The molecule has 2 aromatic carbocycles. The Balaban J connectivity index is 1.95. The van der Waals surface area contributed by atoms with Gasteiger partial charge in [0.25, 0.3) is 0 Å². The Kier molecular flexibility index (Phi) is 4.04. The van der Waals surface area contributed by atoms with E-state index in [1.54, 1.807) is 24.0 Å². The number of benzene rings is 2. The van der Waals surface area contributed by atoms with Crippen molar-refractivity contribution in [3.8, 4) is 0 Å². The normalized spacial score (nSPS) is 15.7. The molecule has 0 bridgehead atoms. The van der Waals surface area contributed by atoms with Crippen LogP contribution in [0.15, 0.2) is 46.4 Å². The molecule has 0 radical (unpaired) electrons. The van der Waals surface area contributed by atoms with Gasteiger partial charge >= 0.3 is 0 Å². The number of rotatable bonds is 1. The Morgan fingerprint density at radius 3 is 2.65 bits per heavy atom. The standard InChI is InChI=1S/C20H15ClF2N2S/c1-10-14(21)6-5-13-17(25-20(2,3)26-19(10)13)12-8-11-4-7-15(22)16(23)18(11)24-9-12/h4-9H,1-3H3. The molecule has 0 atom stereocenters. The number of halogens is 3. The number of aromatic nitrogens is 1. The molecule has 3 aromatic rings. The summed E-state index contributed by atoms with van der Waals surface area (Å²) < 4.78 is 27.4. The molecule has 0 saturated carbocycles. The minimum Gasteiger partial charge on any atom is -0.267 e. The average molecular weight is 389 g/mol. The second-order valence-electron chi connectivity index (χ2n) is 6.72. The molecule has 1 aliphatic rings. The second-order valence-corrected chi connectivity index (χ2v) is 8.73. The Bertz CT molecular complexity index is 1090. The molecule has 4 rings (SSSR count). The van der Waals surface area contributed by atoms with E-state index >= 15 is 0 Å². The zero-order valence-corrected chi connectivity index (χ0v) is 16.0. The fourth-order valence-electron chi connectivity index (χ4n) is 3.08. The predicted octanol–water partition coefficient (Wildman–Crippen LogP) is 6.15. The lowest BCUT2D eigenvalue weighted by atomic mass is 9.99. The van der Waals surface area contributed by atoms with E-state index in [1.807, 2.05) is 32.9 Å². The number of pyridine rings is 1. The summed E-state index contributed by atoms with van der Waals surface area (Å²) in [4.78, 5) is 9.73. The van der Waals surface area contributed by atoms with Crippen LogP contribution >= 0.6 is 23.4 Å². The Morgan fingerprint density at radius 2 is 1.88 bits per heavy atom. The zero-order valence-electron chi connectivity index (χ0n) is 14.4. The van der Waals surface area contributed by atoms with Gasteiger partial charge in [0, 0.05) is 32.6 Å². The van der Waals surface area contributed by atoms with E-state index in [-0.39, 0.29) is 10.4 Å². The Morgan fingerprint density at radius 1 is 1.12 bits per heavy atom. The molecule has 1 aliphatic heterocycles. The van der Waals surface area contributed by atoms with E-state index in [9.17, 15) is 8.78 Å². The number of fused-ring (bicyclic) bond motifs is 2. The van der Waals surface area contributed by atoms with Crippen molar-refractivity contribution < 1.29 is 8.78 Å². The van der Waals surface area contributed by atoms with Crippen LogP contribution in [0, 0.1) is 18.6 Å². The van der Waals surface area contributed by atoms with Gasteiger partial charge in [0.15, 0.2) is 11.6 Å². The lowest BCUT2D eigenvalue weighted by molar-refractivity contribution is 0.515. The summed E-state index contributed by atoms with van der Waals surface area (Å²) in [6, 6.07) is 8.24. The Hall–Kier alpha value is -1.98. The van der Waals surface area contributed by atoms with Crippen molar-refractivity contribution in [1.29, 1.82) is 0 Å². The number of nitrogens with zero attached hydrogens (tertiary/aromatic N) is 2. The van der Waals surface area contributed by atoms with Crippen LogP contribution < -0.4 is 0 Å². The monoisotopic (exact) mass is 388 g/mol. The van der Waals surface area contributed by atoms with Gasteiger partial charge in [-0.3, -0.25) is 9.98 Å². The van der Waals surface area contributed by atoms with Crippen LogP contribution in [-0.2, 0) is 0 Å². The molecule has 2 heterocycles. The van der Waals surface area contributed by atoms with E-state index < -0.39 is 11.6 Å². The maximum Gasteiger partial charge on any atom is 0.184 e. The highest BCUT2D eigenvalue weighted by molar-refractivity contribution is 8.00. The van der Waals surface area contributed by atoms with Gasteiger partial charge in [-0.15, -0.1) is 0 Å². The SMILES string of the molecule is Cc1c(Cl)ccc2c1SC(C)(C)N=C2c1cnc2c(F)c(F)ccc2c1. The van der Waals surface area contributed by atoms with E-state index in [0.29, 0.717) is 10.4 Å². The van der Waals surface area contributed by atoms with E-state index in [0.717, 1.165) is 33.4 Å². The average Bonchev–Trinajstić information content (AvgIpc) is 2.60. The van der Waals surface area contributed by atoms with Crippen LogP contribution in [0.1, 0.15) is 30.5 Å². The molecule has 2 nitrogen and oxygen atoms in total. The minimum atomic E-state index is -0.932. The third-order valence-corrected chi connectivity index (χ3v) is 6.08. The topological polar surface area (TPSA) is 25.2 Å². The lowest BCUT2D eigenvalue weighted by Gasteiger charge is -2.30. The summed E-state index contributed by atoms with van der Waals surface area (Å²) in [6.07, 6.45) is 1.55. The van der Waals surface area contributed by atoms with Gasteiger partial charge in [0.2, 0.25) is 0 Å². The summed E-state index contributed by atoms with van der Waals surface area (Å²) >= 11 is 7.96. The van der Waals surface area contributed by atoms with Crippen molar-refractivity contribution in [2.24, 2.45) is 4.99 Å². The van der Waals surface area contributed by atoms with Crippen LogP contribution in [0.3, 0.4) is 0 Å². The van der Waals surface area contributed by atoms with Crippen molar-refractivity contribution in [1.82, 2.24) is 4.98 Å². The quantitative estimate of drug-likeness (QED) is 0.499. The summed E-state index contributed by atoms with van der Waals surface area (Å²) in [5.74, 6) is -1.83. The second kappa shape index (κ2) is 6.03. The Labute approximate surface area is 159 Å². The van der Waals surface area contributed by atoms with Crippen LogP contribution in [0.2, 0.25) is 5.02 Å². The smallest absolute Gasteiger partial charge is 0.184 e. The summed E-state index contributed by atoms with van der Waals surface area (Å²) in [5, 5.41) is 1.25. The van der Waals surface area contributed by atoms with Crippen LogP contribution in [0.4, 0.5) is 8.78 Å². The minimum absolute atomic E-state index is 0.0197. The molecule has 6 heteroatoms. The van der Waals surface area contributed by atoms with E-state index in [4.69, 9.17) is 16.6 Å². The first-order valence-electron chi connectivity index (χ1n) is 8.09. The summed E-state index contributed by atoms with van der Waals surface area (Å²) in [7, 11) is 0. The molecule has 1 aromatic heterocycles. The lowest BCUT2D eigenvalue weighted by Crippen LogP contribution is -2.22. The highest BCUT2D eigenvalue weighted by atomic mass is 35.5. The molecular formula is C20H15ClF2N2S. The van der Waals surface area contributed by atoms with Gasteiger partial charge in [0.1, 0.15) is 10.4 Å². The van der Waals surface area contributed by atoms with E-state index in [1.165, 1.54) is 6.07 Å². The van der Waals surface area contributed by atoms with Gasteiger partial charge in [0.05, 0.1) is 5.71 Å². The first kappa shape index (κ1) is 17.4. The number of aliphatic imine (C=N–C) groups is 1. The van der Waals surface area contributed by atoms with Crippen molar-refractivity contribution in [3.05, 3.63) is 69.9 Å². The molecule has 0 fully saturated rings. The van der Waals surface area contributed by atoms with Crippen molar-refractivity contribution in [2.45, 2.75) is 30.5 Å². The third-order valence-electron chi connectivity index (χ3n) is 4.35. The molecule has 0 amide bonds. The van der Waals surface area contributed by atoms with Gasteiger partial charge < -0.3 is 0 Å². The predicted molar refractivity (Wildman–Crippen MR) is 103 cm³/mol. The van der Waals surface area contributed by atoms with Gasteiger partial charge in [-0.05, 0) is 50.6 Å². The highest BCUT2D eigenvalue weighted by Gasteiger charge is 2.30. The first-order valence-corrected chi connectivity index (χ1v) is 9.29. The molecular weight excluding hydrogens is 374 g/mol. The zero-order chi connectivity index (χ0) is 18.6. The van der Waals surface area contributed by atoms with Crippen LogP contribution in [-0.4, -0.2) is 15.6 Å². The third kappa shape index (κ3) is 2.79. The molecule has 0 saturated heterocycles. The van der Waals surface area contributed by atoms with Crippen molar-refractivity contribution in [3.63, 3.8) is 0 Å². The summed E-state index contributed by atoms with van der Waals surface area (Å²) in [6.45, 7) is 6.05. The van der Waals surface area contributed by atoms with Crippen LogP contribution in [0.25, 0.3) is 10.9 Å². The first-order chi connectivity index (χ1) is 12.3. The maximum absolute atomic E-state index is 13.9. The van der Waals surface area contributed by atoms with Gasteiger partial charge in [-0.1, -0.05) is 29.4 Å². The molecule has 26 heavy (non-hydrogen) atoms. The molecule has 132 valence electrons. The largest absolute Gasteiger partial charge is 0.267 e. The molecule has 0 aliphatic carbocycles. The van der Waals surface area contributed by atoms with Gasteiger partial charge in [-0.2, -0.15) is 0 Å². The molecule has 0 unspecified atom stereocenters. The number of hydrogen-bond acceptors (Lipinski definition) is 3. The molecule has 0 N–H and O–H groups in total. The van der Waals surface area contributed by atoms with Crippen LogP contribution in [0.5, 0.6) is 0 Å². The van der Waals surface area contributed by atoms with Gasteiger partial charge in [-0.25, -0.2) is 8.78 Å².